The smallest absolute Gasteiger partial charge is 0.319 e. The van der Waals surface area contributed by atoms with Gasteiger partial charge >= 0.3 is 6.03 Å². The van der Waals surface area contributed by atoms with Crippen LogP contribution in [0.5, 0.6) is 0 Å². The number of hydrogen-bond acceptors (Lipinski definition) is 3. The minimum absolute atomic E-state index is 0.0750. The highest BCUT2D eigenvalue weighted by Crippen LogP contribution is 2.15. The van der Waals surface area contributed by atoms with Crippen molar-refractivity contribution >= 4 is 11.7 Å². The summed E-state index contributed by atoms with van der Waals surface area (Å²) in [6.45, 7) is 10.3. The van der Waals surface area contributed by atoms with Crippen LogP contribution >= 0.6 is 0 Å². The summed E-state index contributed by atoms with van der Waals surface area (Å²) in [4.78, 5) is 14.3. The van der Waals surface area contributed by atoms with Crippen molar-refractivity contribution in [2.75, 3.05) is 38.2 Å². The normalized spacial score (nSPS) is 16.5. The van der Waals surface area contributed by atoms with E-state index in [1.165, 1.54) is 5.56 Å². The molecule has 0 spiro atoms. The largest absolute Gasteiger partial charge is 0.379 e. The molecule has 5 heteroatoms. The first-order chi connectivity index (χ1) is 9.97. The van der Waals surface area contributed by atoms with Crippen LogP contribution in [-0.4, -0.2) is 49.3 Å². The lowest BCUT2D eigenvalue weighted by Gasteiger charge is -2.40. The molecule has 1 aromatic carbocycles. The van der Waals surface area contributed by atoms with Crippen molar-refractivity contribution in [3.8, 4) is 0 Å². The lowest BCUT2D eigenvalue weighted by atomic mass is 10.0. The molecule has 2 amide bonds. The summed E-state index contributed by atoms with van der Waals surface area (Å²) in [5.74, 6) is 0. The van der Waals surface area contributed by atoms with E-state index in [1.54, 1.807) is 0 Å². The van der Waals surface area contributed by atoms with Gasteiger partial charge in [0.1, 0.15) is 0 Å². The minimum atomic E-state index is -0.166. The fourth-order valence-electron chi connectivity index (χ4n) is 2.39. The minimum Gasteiger partial charge on any atom is -0.379 e. The third-order valence-corrected chi connectivity index (χ3v) is 3.86. The van der Waals surface area contributed by atoms with E-state index in [-0.39, 0.29) is 11.6 Å². The summed E-state index contributed by atoms with van der Waals surface area (Å²) in [6.07, 6.45) is 0. The van der Waals surface area contributed by atoms with Gasteiger partial charge in [-0.2, -0.15) is 0 Å². The number of carbonyl (C=O) groups is 1. The molecular weight excluding hydrogens is 266 g/mol. The molecule has 1 aliphatic heterocycles. The van der Waals surface area contributed by atoms with E-state index in [9.17, 15) is 4.79 Å². The number of anilines is 1. The molecule has 0 radical (unpaired) electrons. The number of benzene rings is 1. The molecule has 0 saturated carbocycles. The Balaban J connectivity index is 1.81. The zero-order valence-electron chi connectivity index (χ0n) is 13.1. The van der Waals surface area contributed by atoms with Gasteiger partial charge in [0.15, 0.2) is 0 Å². The fraction of sp³-hybridized carbons (Fsp3) is 0.562. The molecule has 0 aromatic heterocycles. The molecule has 0 unspecified atom stereocenters. The molecule has 1 aliphatic rings. The highest BCUT2D eigenvalue weighted by Gasteiger charge is 2.28. The van der Waals surface area contributed by atoms with Gasteiger partial charge in [-0.15, -0.1) is 0 Å². The first kappa shape index (κ1) is 15.8. The van der Waals surface area contributed by atoms with Crippen LogP contribution in [0, 0.1) is 6.92 Å². The molecular formula is C16H25N3O2. The number of carbonyl (C=O) groups excluding carboxylic acids is 1. The van der Waals surface area contributed by atoms with E-state index in [1.807, 2.05) is 31.2 Å². The predicted molar refractivity (Wildman–Crippen MR) is 84.7 cm³/mol. The monoisotopic (exact) mass is 291 g/mol. The molecule has 21 heavy (non-hydrogen) atoms. The van der Waals surface area contributed by atoms with E-state index >= 15 is 0 Å². The number of nitrogens with one attached hydrogen (secondary N) is 2. The second kappa shape index (κ2) is 6.91. The number of rotatable bonds is 4. The summed E-state index contributed by atoms with van der Waals surface area (Å²) < 4.78 is 5.37. The molecule has 1 heterocycles. The van der Waals surface area contributed by atoms with Crippen LogP contribution in [0.25, 0.3) is 0 Å². The number of amides is 2. The van der Waals surface area contributed by atoms with E-state index in [4.69, 9.17) is 4.74 Å². The van der Waals surface area contributed by atoms with Crippen molar-refractivity contribution in [3.05, 3.63) is 29.8 Å². The number of ether oxygens (including phenoxy) is 1. The average molecular weight is 291 g/mol. The molecule has 5 nitrogen and oxygen atoms in total. The van der Waals surface area contributed by atoms with E-state index in [0.717, 1.165) is 32.0 Å². The van der Waals surface area contributed by atoms with Crippen LogP contribution < -0.4 is 10.6 Å². The summed E-state index contributed by atoms with van der Waals surface area (Å²) in [7, 11) is 0. The molecule has 1 aromatic rings. The SMILES string of the molecule is Cc1ccc(NC(=O)NCC(C)(C)N2CCOCC2)cc1. The van der Waals surface area contributed by atoms with E-state index in [2.05, 4.69) is 29.4 Å². The Labute approximate surface area is 126 Å². The Morgan fingerprint density at radius 3 is 2.48 bits per heavy atom. The Hall–Kier alpha value is -1.59. The molecule has 0 atom stereocenters. The Morgan fingerprint density at radius 2 is 1.86 bits per heavy atom. The highest BCUT2D eigenvalue weighted by molar-refractivity contribution is 5.89. The molecule has 1 saturated heterocycles. The van der Waals surface area contributed by atoms with Gasteiger partial charge in [0.05, 0.1) is 13.2 Å². The van der Waals surface area contributed by atoms with E-state index < -0.39 is 0 Å². The molecule has 0 aliphatic carbocycles. The molecule has 1 fully saturated rings. The first-order valence-electron chi connectivity index (χ1n) is 7.42. The van der Waals surface area contributed by atoms with Gasteiger partial charge in [0.25, 0.3) is 0 Å². The fourth-order valence-corrected chi connectivity index (χ4v) is 2.39. The van der Waals surface area contributed by atoms with Crippen molar-refractivity contribution in [3.63, 3.8) is 0 Å². The van der Waals surface area contributed by atoms with Crippen LogP contribution in [0.3, 0.4) is 0 Å². The average Bonchev–Trinajstić information content (AvgIpc) is 2.49. The Kier molecular flexibility index (Phi) is 5.20. The summed E-state index contributed by atoms with van der Waals surface area (Å²) in [5.41, 5.74) is 1.91. The van der Waals surface area contributed by atoms with Crippen LogP contribution in [0.1, 0.15) is 19.4 Å². The third-order valence-electron chi connectivity index (χ3n) is 3.86. The van der Waals surface area contributed by atoms with Crippen LogP contribution in [0.4, 0.5) is 10.5 Å². The second-order valence-electron chi connectivity index (χ2n) is 6.09. The Morgan fingerprint density at radius 1 is 1.24 bits per heavy atom. The first-order valence-corrected chi connectivity index (χ1v) is 7.42. The maximum absolute atomic E-state index is 12.0. The van der Waals surface area contributed by atoms with E-state index in [0.29, 0.717) is 6.54 Å². The predicted octanol–water partition coefficient (Wildman–Crippen LogP) is 2.23. The topological polar surface area (TPSA) is 53.6 Å². The summed E-state index contributed by atoms with van der Waals surface area (Å²) in [5, 5.41) is 5.80. The number of morpholine rings is 1. The quantitative estimate of drug-likeness (QED) is 0.894. The van der Waals surface area contributed by atoms with Crippen LogP contribution in [0.2, 0.25) is 0 Å². The molecule has 0 bridgehead atoms. The zero-order chi connectivity index (χ0) is 15.3. The zero-order valence-corrected chi connectivity index (χ0v) is 13.1. The van der Waals surface area contributed by atoms with Gasteiger partial charge in [-0.25, -0.2) is 4.79 Å². The third kappa shape index (κ3) is 4.72. The van der Waals surface area contributed by atoms with Gasteiger partial charge in [0, 0.05) is 30.9 Å². The summed E-state index contributed by atoms with van der Waals surface area (Å²) in [6, 6.07) is 7.60. The van der Waals surface area contributed by atoms with Gasteiger partial charge in [-0.1, -0.05) is 17.7 Å². The van der Waals surface area contributed by atoms with Crippen molar-refractivity contribution in [1.82, 2.24) is 10.2 Å². The van der Waals surface area contributed by atoms with Crippen LogP contribution in [-0.2, 0) is 4.74 Å². The summed E-state index contributed by atoms with van der Waals surface area (Å²) >= 11 is 0. The van der Waals surface area contributed by atoms with Crippen molar-refractivity contribution in [2.24, 2.45) is 0 Å². The second-order valence-corrected chi connectivity index (χ2v) is 6.09. The van der Waals surface area contributed by atoms with Gasteiger partial charge in [0.2, 0.25) is 0 Å². The van der Waals surface area contributed by atoms with Crippen LogP contribution in [0.15, 0.2) is 24.3 Å². The highest BCUT2D eigenvalue weighted by atomic mass is 16.5. The maximum Gasteiger partial charge on any atom is 0.319 e. The van der Waals surface area contributed by atoms with Crippen molar-refractivity contribution in [2.45, 2.75) is 26.3 Å². The molecule has 116 valence electrons. The maximum atomic E-state index is 12.0. The molecule has 2 rings (SSSR count). The van der Waals surface area contributed by atoms with Gasteiger partial charge < -0.3 is 15.4 Å². The van der Waals surface area contributed by atoms with Crippen molar-refractivity contribution in [1.29, 1.82) is 0 Å². The standard InChI is InChI=1S/C16H25N3O2/c1-13-4-6-14(7-5-13)18-15(20)17-12-16(2,3)19-8-10-21-11-9-19/h4-7H,8-12H2,1-3H3,(H2,17,18,20). The lowest BCUT2D eigenvalue weighted by Crippen LogP contribution is -2.55. The lowest BCUT2D eigenvalue weighted by molar-refractivity contribution is -0.00863. The number of hydrogen-bond donors (Lipinski definition) is 2. The van der Waals surface area contributed by atoms with Gasteiger partial charge in [-0.05, 0) is 32.9 Å². The molecule has 2 N–H and O–H groups in total. The Bertz CT molecular complexity index is 465. The van der Waals surface area contributed by atoms with Crippen molar-refractivity contribution < 1.29 is 9.53 Å². The number of aryl methyl sites for hydroxylation is 1. The number of nitrogens with zero attached hydrogens (tertiary/aromatic N) is 1. The number of urea groups is 1. The van der Waals surface area contributed by atoms with Gasteiger partial charge in [-0.3, -0.25) is 4.90 Å².